The lowest BCUT2D eigenvalue weighted by Gasteiger charge is -2.13. The summed E-state index contributed by atoms with van der Waals surface area (Å²) in [5, 5.41) is 8.37. The van der Waals surface area contributed by atoms with Crippen molar-refractivity contribution in [2.75, 3.05) is 6.61 Å². The topological polar surface area (TPSA) is 90.0 Å². The maximum absolute atomic E-state index is 6.13. The third-order valence-electron chi connectivity index (χ3n) is 4.34. The molecule has 0 bridgehead atoms. The van der Waals surface area contributed by atoms with Crippen molar-refractivity contribution in [1.29, 1.82) is 0 Å². The van der Waals surface area contributed by atoms with Gasteiger partial charge in [-0.25, -0.2) is 0 Å². The molecule has 4 aromatic rings. The molecule has 0 unspecified atom stereocenters. The first-order valence-electron chi connectivity index (χ1n) is 8.48. The number of hydrogen-bond donors (Lipinski definition) is 2. The predicted molar refractivity (Wildman–Crippen MR) is 99.9 cm³/mol. The molecule has 0 amide bonds. The molecule has 0 saturated heterocycles. The lowest BCUT2D eigenvalue weighted by atomic mass is 10.0. The fourth-order valence-electron chi connectivity index (χ4n) is 2.95. The highest BCUT2D eigenvalue weighted by atomic mass is 16.5. The largest absolute Gasteiger partial charge is 0.490 e. The maximum Gasteiger partial charge on any atom is 0.138 e. The Bertz CT molecular complexity index is 1010. The first-order chi connectivity index (χ1) is 12.7. The van der Waals surface area contributed by atoms with Gasteiger partial charge in [0.1, 0.15) is 12.4 Å². The van der Waals surface area contributed by atoms with Gasteiger partial charge in [0.25, 0.3) is 0 Å². The van der Waals surface area contributed by atoms with Crippen LogP contribution < -0.4 is 10.5 Å². The zero-order valence-corrected chi connectivity index (χ0v) is 14.5. The molecule has 3 N–H and O–H groups in total. The van der Waals surface area contributed by atoms with E-state index < -0.39 is 0 Å². The van der Waals surface area contributed by atoms with Crippen molar-refractivity contribution in [2.45, 2.75) is 19.4 Å². The number of aromatic amines is 1. The molecule has 1 atom stereocenters. The van der Waals surface area contributed by atoms with Gasteiger partial charge in [0.15, 0.2) is 0 Å². The predicted octanol–water partition coefficient (Wildman–Crippen LogP) is 3.48. The zero-order valence-electron chi connectivity index (χ0n) is 14.5. The molecule has 0 aliphatic carbocycles. The molecule has 6 nitrogen and oxygen atoms in total. The molecular formula is C20H20N4O2. The van der Waals surface area contributed by atoms with E-state index in [1.54, 1.807) is 18.7 Å². The monoisotopic (exact) mass is 348 g/mol. The van der Waals surface area contributed by atoms with Crippen LogP contribution in [0.25, 0.3) is 22.0 Å². The Hall–Kier alpha value is -3.12. The lowest BCUT2D eigenvalue weighted by Crippen LogP contribution is -2.30. The molecular weight excluding hydrogens is 328 g/mol. The molecule has 3 aromatic heterocycles. The van der Waals surface area contributed by atoms with Gasteiger partial charge in [-0.3, -0.25) is 10.1 Å². The van der Waals surface area contributed by atoms with Crippen LogP contribution in [-0.4, -0.2) is 27.8 Å². The van der Waals surface area contributed by atoms with E-state index in [-0.39, 0.29) is 6.04 Å². The summed E-state index contributed by atoms with van der Waals surface area (Å²) in [7, 11) is 0. The van der Waals surface area contributed by atoms with Crippen molar-refractivity contribution in [3.05, 3.63) is 66.5 Å². The first kappa shape index (κ1) is 16.4. The zero-order chi connectivity index (χ0) is 17.9. The summed E-state index contributed by atoms with van der Waals surface area (Å²) in [5.41, 5.74) is 11.3. The average Bonchev–Trinajstić information content (AvgIpc) is 3.30. The number of H-pyrrole nitrogens is 1. The molecule has 1 aromatic carbocycles. The lowest BCUT2D eigenvalue weighted by molar-refractivity contribution is 0.286. The van der Waals surface area contributed by atoms with Crippen molar-refractivity contribution < 1.29 is 9.15 Å². The molecule has 6 heteroatoms. The minimum Gasteiger partial charge on any atom is -0.490 e. The number of pyridine rings is 1. The molecule has 0 spiro atoms. The maximum atomic E-state index is 6.13. The Morgan fingerprint density at radius 3 is 2.96 bits per heavy atom. The van der Waals surface area contributed by atoms with Crippen molar-refractivity contribution in [3.63, 3.8) is 0 Å². The van der Waals surface area contributed by atoms with Crippen LogP contribution in [0.2, 0.25) is 0 Å². The Labute approximate surface area is 151 Å². The number of benzene rings is 1. The van der Waals surface area contributed by atoms with E-state index in [2.05, 4.69) is 21.2 Å². The van der Waals surface area contributed by atoms with Crippen molar-refractivity contribution in [1.82, 2.24) is 15.2 Å². The number of ether oxygens (including phenoxy) is 1. The SMILES string of the molecule is Cc1n[nH]c2ccc(-c3cncc(OC[C@@H](N)Cc4ccoc4)c3)cc12. The quantitative estimate of drug-likeness (QED) is 0.557. The number of fused-ring (bicyclic) bond motifs is 1. The van der Waals surface area contributed by atoms with Crippen LogP contribution in [0.15, 0.2) is 59.7 Å². The van der Waals surface area contributed by atoms with E-state index >= 15 is 0 Å². The van der Waals surface area contributed by atoms with E-state index in [0.29, 0.717) is 18.8 Å². The average molecular weight is 348 g/mol. The Kier molecular flexibility index (Phi) is 4.41. The number of nitrogens with zero attached hydrogens (tertiary/aromatic N) is 2. The Morgan fingerprint density at radius 2 is 2.12 bits per heavy atom. The molecule has 26 heavy (non-hydrogen) atoms. The van der Waals surface area contributed by atoms with Gasteiger partial charge in [-0.1, -0.05) is 6.07 Å². The van der Waals surface area contributed by atoms with Crippen molar-refractivity contribution >= 4 is 10.9 Å². The summed E-state index contributed by atoms with van der Waals surface area (Å²) in [6, 6.07) is 9.97. The number of nitrogens with one attached hydrogen (secondary N) is 1. The third kappa shape index (κ3) is 3.45. The van der Waals surface area contributed by atoms with Gasteiger partial charge in [0.2, 0.25) is 0 Å². The van der Waals surface area contributed by atoms with Gasteiger partial charge >= 0.3 is 0 Å². The van der Waals surface area contributed by atoms with Crippen molar-refractivity contribution in [3.8, 4) is 16.9 Å². The number of aryl methyl sites for hydroxylation is 1. The van der Waals surface area contributed by atoms with Crippen LogP contribution >= 0.6 is 0 Å². The van der Waals surface area contributed by atoms with Gasteiger partial charge < -0.3 is 14.9 Å². The molecule has 3 heterocycles. The van der Waals surface area contributed by atoms with Gasteiger partial charge in [-0.05, 0) is 48.7 Å². The highest BCUT2D eigenvalue weighted by Crippen LogP contribution is 2.27. The first-order valence-corrected chi connectivity index (χ1v) is 8.48. The summed E-state index contributed by atoms with van der Waals surface area (Å²) in [5.74, 6) is 0.703. The Balaban J connectivity index is 1.48. The summed E-state index contributed by atoms with van der Waals surface area (Å²) < 4.78 is 10.9. The van der Waals surface area contributed by atoms with E-state index in [1.807, 2.05) is 37.4 Å². The van der Waals surface area contributed by atoms with Crippen LogP contribution in [0.1, 0.15) is 11.3 Å². The standard InChI is InChI=1S/C20H20N4O2/c1-13-19-8-15(2-3-20(19)24-23-13)16-7-18(10-22-9-16)26-12-17(21)6-14-4-5-25-11-14/h2-5,7-11,17H,6,12,21H2,1H3,(H,23,24)/t17-/m0/s1. The van der Waals surface area contributed by atoms with Crippen LogP contribution in [0, 0.1) is 6.92 Å². The third-order valence-corrected chi connectivity index (χ3v) is 4.34. The smallest absolute Gasteiger partial charge is 0.138 e. The number of hydrogen-bond acceptors (Lipinski definition) is 5. The molecule has 4 rings (SSSR count). The molecule has 0 aliphatic rings. The van der Waals surface area contributed by atoms with Crippen molar-refractivity contribution in [2.24, 2.45) is 5.73 Å². The fourth-order valence-corrected chi connectivity index (χ4v) is 2.95. The second kappa shape index (κ2) is 7.01. The summed E-state index contributed by atoms with van der Waals surface area (Å²) >= 11 is 0. The molecule has 0 aliphatic heterocycles. The van der Waals surface area contributed by atoms with Crippen LogP contribution in [-0.2, 0) is 6.42 Å². The summed E-state index contributed by atoms with van der Waals surface area (Å²) in [6.07, 6.45) is 7.59. The van der Waals surface area contributed by atoms with E-state index in [0.717, 1.165) is 33.3 Å². The number of furan rings is 1. The molecule has 132 valence electrons. The second-order valence-corrected chi connectivity index (χ2v) is 6.39. The molecule has 0 fully saturated rings. The fraction of sp³-hybridized carbons (Fsp3) is 0.200. The Morgan fingerprint density at radius 1 is 1.19 bits per heavy atom. The van der Waals surface area contributed by atoms with E-state index in [9.17, 15) is 0 Å². The molecule has 0 saturated carbocycles. The minimum absolute atomic E-state index is 0.110. The van der Waals surface area contributed by atoms with Gasteiger partial charge in [0.05, 0.1) is 29.9 Å². The number of nitrogens with two attached hydrogens (primary N) is 1. The van der Waals surface area contributed by atoms with E-state index in [4.69, 9.17) is 14.9 Å². The highest BCUT2D eigenvalue weighted by Gasteiger charge is 2.09. The second-order valence-electron chi connectivity index (χ2n) is 6.39. The van der Waals surface area contributed by atoms with Crippen LogP contribution in [0.3, 0.4) is 0 Å². The van der Waals surface area contributed by atoms with Crippen LogP contribution in [0.4, 0.5) is 0 Å². The molecule has 0 radical (unpaired) electrons. The highest BCUT2D eigenvalue weighted by molar-refractivity contribution is 5.86. The van der Waals surface area contributed by atoms with Gasteiger partial charge in [-0.2, -0.15) is 5.10 Å². The number of rotatable bonds is 6. The van der Waals surface area contributed by atoms with Gasteiger partial charge in [0, 0.05) is 23.2 Å². The summed E-state index contributed by atoms with van der Waals surface area (Å²) in [6.45, 7) is 2.40. The van der Waals surface area contributed by atoms with Gasteiger partial charge in [-0.15, -0.1) is 0 Å². The normalized spacial score (nSPS) is 12.4. The summed E-state index contributed by atoms with van der Waals surface area (Å²) in [4.78, 5) is 4.30. The number of aromatic nitrogens is 3. The van der Waals surface area contributed by atoms with E-state index in [1.165, 1.54) is 0 Å². The van der Waals surface area contributed by atoms with Crippen LogP contribution in [0.5, 0.6) is 5.75 Å². The minimum atomic E-state index is -0.110.